The van der Waals surface area contributed by atoms with Crippen molar-refractivity contribution in [3.8, 4) is 22.8 Å². The molecule has 2 heterocycles. The molecule has 9 heteroatoms. The van der Waals surface area contributed by atoms with Crippen molar-refractivity contribution in [1.82, 2.24) is 0 Å². The number of hydrogen-bond donors (Lipinski definition) is 1. The molecule has 0 unspecified atom stereocenters. The Morgan fingerprint density at radius 2 is 1.96 bits per heavy atom. The maximum atomic E-state index is 13.3. The highest BCUT2D eigenvalue weighted by Gasteiger charge is 2.38. The number of rotatable bonds is 3. The standard InChI is InChI=1S/C16H11ClFNO6/c1-7(20)24-15-13(23)14(8-2-3-10(18)9(17)6-8)25-16(15)19-11(21)4-5-12(19)22/h2-3,6,23H,4-5H2,1H3. The first-order chi connectivity index (χ1) is 11.8. The summed E-state index contributed by atoms with van der Waals surface area (Å²) in [6.07, 6.45) is -0.0605. The van der Waals surface area contributed by atoms with Crippen molar-refractivity contribution in [1.29, 1.82) is 0 Å². The van der Waals surface area contributed by atoms with Crippen molar-refractivity contribution in [3.05, 3.63) is 29.0 Å². The zero-order valence-electron chi connectivity index (χ0n) is 12.8. The molecule has 0 spiro atoms. The molecule has 0 bridgehead atoms. The average Bonchev–Trinajstić information content (AvgIpc) is 3.03. The number of nitrogens with zero attached hydrogens (tertiary/aromatic N) is 1. The van der Waals surface area contributed by atoms with Crippen LogP contribution in [0.3, 0.4) is 0 Å². The lowest BCUT2D eigenvalue weighted by Crippen LogP contribution is -2.28. The Balaban J connectivity index is 2.17. The minimum atomic E-state index is -0.792. The van der Waals surface area contributed by atoms with E-state index in [-0.39, 0.29) is 29.2 Å². The Morgan fingerprint density at radius 1 is 1.32 bits per heavy atom. The molecule has 0 saturated carbocycles. The van der Waals surface area contributed by atoms with Gasteiger partial charge in [0.1, 0.15) is 5.82 Å². The summed E-state index contributed by atoms with van der Waals surface area (Å²) in [6.45, 7) is 1.08. The van der Waals surface area contributed by atoms with E-state index in [1.165, 1.54) is 12.1 Å². The van der Waals surface area contributed by atoms with Gasteiger partial charge in [0.25, 0.3) is 5.88 Å². The molecule has 1 aliphatic rings. The van der Waals surface area contributed by atoms with E-state index in [2.05, 4.69) is 0 Å². The summed E-state index contributed by atoms with van der Waals surface area (Å²) < 4.78 is 23.7. The predicted octanol–water partition coefficient (Wildman–Crippen LogP) is 3.02. The number of hydrogen-bond acceptors (Lipinski definition) is 6. The van der Waals surface area contributed by atoms with Gasteiger partial charge in [0, 0.05) is 25.3 Å². The monoisotopic (exact) mass is 367 g/mol. The lowest BCUT2D eigenvalue weighted by atomic mass is 10.1. The van der Waals surface area contributed by atoms with Gasteiger partial charge in [-0.15, -0.1) is 0 Å². The second kappa shape index (κ2) is 6.21. The van der Waals surface area contributed by atoms with Crippen molar-refractivity contribution >= 4 is 35.3 Å². The van der Waals surface area contributed by atoms with E-state index in [9.17, 15) is 23.9 Å². The van der Waals surface area contributed by atoms with Crippen molar-refractivity contribution in [2.75, 3.05) is 4.90 Å². The molecule has 130 valence electrons. The zero-order chi connectivity index (χ0) is 18.3. The molecular weight excluding hydrogens is 357 g/mol. The average molecular weight is 368 g/mol. The molecule has 0 aliphatic carbocycles. The van der Waals surface area contributed by atoms with Crippen LogP contribution in [0.2, 0.25) is 5.02 Å². The molecule has 1 aliphatic heterocycles. The van der Waals surface area contributed by atoms with Gasteiger partial charge >= 0.3 is 5.97 Å². The van der Waals surface area contributed by atoms with Gasteiger partial charge in [-0.2, -0.15) is 0 Å². The summed E-state index contributed by atoms with van der Waals surface area (Å²) in [4.78, 5) is 35.9. The smallest absolute Gasteiger partial charge is 0.308 e. The van der Waals surface area contributed by atoms with E-state index in [0.29, 0.717) is 4.90 Å². The second-order valence-corrected chi connectivity index (χ2v) is 5.67. The largest absolute Gasteiger partial charge is 0.502 e. The van der Waals surface area contributed by atoms with Crippen LogP contribution in [-0.2, 0) is 14.4 Å². The predicted molar refractivity (Wildman–Crippen MR) is 83.8 cm³/mol. The van der Waals surface area contributed by atoms with Gasteiger partial charge in [0.05, 0.1) is 5.02 Å². The number of halogens is 2. The van der Waals surface area contributed by atoms with Gasteiger partial charge in [-0.3, -0.25) is 14.4 Å². The zero-order valence-corrected chi connectivity index (χ0v) is 13.6. The minimum absolute atomic E-state index is 0.0302. The fourth-order valence-corrected chi connectivity index (χ4v) is 2.60. The number of furan rings is 1. The highest BCUT2D eigenvalue weighted by atomic mass is 35.5. The van der Waals surface area contributed by atoms with Crippen LogP contribution >= 0.6 is 11.6 Å². The van der Waals surface area contributed by atoms with Crippen molar-refractivity contribution in [3.63, 3.8) is 0 Å². The maximum absolute atomic E-state index is 13.3. The molecular formula is C16H11ClFNO6. The molecule has 2 aromatic rings. The van der Waals surface area contributed by atoms with Gasteiger partial charge < -0.3 is 14.3 Å². The van der Waals surface area contributed by atoms with Gasteiger partial charge in [-0.1, -0.05) is 11.6 Å². The van der Waals surface area contributed by atoms with Crippen LogP contribution in [0.15, 0.2) is 22.6 Å². The third-order valence-electron chi connectivity index (χ3n) is 3.51. The van der Waals surface area contributed by atoms with Gasteiger partial charge in [0.15, 0.2) is 5.76 Å². The van der Waals surface area contributed by atoms with Crippen LogP contribution in [-0.4, -0.2) is 22.9 Å². The highest BCUT2D eigenvalue weighted by molar-refractivity contribution is 6.31. The number of ether oxygens (including phenoxy) is 1. The summed E-state index contributed by atoms with van der Waals surface area (Å²) >= 11 is 5.72. The number of carbonyl (C=O) groups excluding carboxylic acids is 3. The summed E-state index contributed by atoms with van der Waals surface area (Å²) in [5, 5.41) is 10.1. The van der Waals surface area contributed by atoms with Crippen LogP contribution in [0.4, 0.5) is 10.3 Å². The Morgan fingerprint density at radius 3 is 2.52 bits per heavy atom. The Kier molecular flexibility index (Phi) is 4.22. The summed E-state index contributed by atoms with van der Waals surface area (Å²) in [6, 6.07) is 3.51. The molecule has 1 saturated heterocycles. The number of benzene rings is 1. The maximum Gasteiger partial charge on any atom is 0.308 e. The van der Waals surface area contributed by atoms with Crippen LogP contribution in [0, 0.1) is 5.82 Å². The number of imide groups is 1. The van der Waals surface area contributed by atoms with E-state index in [1.54, 1.807) is 0 Å². The molecule has 0 atom stereocenters. The lowest BCUT2D eigenvalue weighted by molar-refractivity contribution is -0.132. The van der Waals surface area contributed by atoms with Crippen molar-refractivity contribution in [2.45, 2.75) is 19.8 Å². The molecule has 1 fully saturated rings. The molecule has 3 rings (SSSR count). The first kappa shape index (κ1) is 17.0. The van der Waals surface area contributed by atoms with Crippen molar-refractivity contribution < 1.29 is 33.0 Å². The molecule has 2 amide bonds. The number of aromatic hydroxyl groups is 1. The molecule has 1 aromatic heterocycles. The van der Waals surface area contributed by atoms with Gasteiger partial charge in [-0.05, 0) is 18.2 Å². The summed E-state index contributed by atoms with van der Waals surface area (Å²) in [7, 11) is 0. The Hall–Kier alpha value is -2.87. The fourth-order valence-electron chi connectivity index (χ4n) is 2.41. The van der Waals surface area contributed by atoms with Crippen LogP contribution in [0.25, 0.3) is 11.3 Å². The van der Waals surface area contributed by atoms with E-state index in [4.69, 9.17) is 20.8 Å². The third kappa shape index (κ3) is 2.96. The van der Waals surface area contributed by atoms with Gasteiger partial charge in [0.2, 0.25) is 23.3 Å². The molecule has 0 radical (unpaired) electrons. The van der Waals surface area contributed by atoms with Crippen molar-refractivity contribution in [2.24, 2.45) is 0 Å². The first-order valence-corrected chi connectivity index (χ1v) is 7.52. The first-order valence-electron chi connectivity index (χ1n) is 7.15. The Labute approximate surface area is 145 Å². The number of esters is 1. The highest BCUT2D eigenvalue weighted by Crippen LogP contribution is 2.49. The third-order valence-corrected chi connectivity index (χ3v) is 3.79. The number of amides is 2. The van der Waals surface area contributed by atoms with Crippen LogP contribution in [0.1, 0.15) is 19.8 Å². The Bertz CT molecular complexity index is 890. The fraction of sp³-hybridized carbons (Fsp3) is 0.188. The van der Waals surface area contributed by atoms with Gasteiger partial charge in [-0.25, -0.2) is 9.29 Å². The number of carbonyl (C=O) groups is 3. The SMILES string of the molecule is CC(=O)Oc1c(N2C(=O)CCC2=O)oc(-c2ccc(F)c(Cl)c2)c1O. The van der Waals surface area contributed by atoms with Crippen LogP contribution in [0.5, 0.6) is 11.5 Å². The molecule has 1 N–H and O–H groups in total. The topological polar surface area (TPSA) is 97.0 Å². The molecule has 1 aromatic carbocycles. The van der Waals surface area contributed by atoms with E-state index < -0.39 is 41.0 Å². The van der Waals surface area contributed by atoms with Crippen LogP contribution < -0.4 is 9.64 Å². The lowest BCUT2D eigenvalue weighted by Gasteiger charge is -2.11. The van der Waals surface area contributed by atoms with E-state index in [1.807, 2.05) is 0 Å². The number of anilines is 1. The molecule has 7 nitrogen and oxygen atoms in total. The van der Waals surface area contributed by atoms with E-state index in [0.717, 1.165) is 13.0 Å². The summed E-state index contributed by atoms with van der Waals surface area (Å²) in [5.74, 6) is -4.29. The summed E-state index contributed by atoms with van der Waals surface area (Å²) in [5.41, 5.74) is 0.169. The minimum Gasteiger partial charge on any atom is -0.502 e. The normalized spacial score (nSPS) is 14.3. The quantitative estimate of drug-likeness (QED) is 0.661. The second-order valence-electron chi connectivity index (χ2n) is 5.26. The molecule has 25 heavy (non-hydrogen) atoms. The van der Waals surface area contributed by atoms with E-state index >= 15 is 0 Å².